The van der Waals surface area contributed by atoms with Crippen molar-refractivity contribution in [1.29, 1.82) is 0 Å². The van der Waals surface area contributed by atoms with Gasteiger partial charge in [-0.2, -0.15) is 0 Å². The molecule has 6 heteroatoms. The van der Waals surface area contributed by atoms with Gasteiger partial charge in [-0.1, -0.05) is 12.8 Å². The molecule has 0 saturated heterocycles. The van der Waals surface area contributed by atoms with Crippen molar-refractivity contribution in [3.63, 3.8) is 0 Å². The standard InChI is InChI=1S/C12H20O6/c1-15-11(13)17-9-7-5-3-4-6-8-10(9)18-12(14)16-2/h9-10H,3-8H2,1-2H3/t9-,10+. The average Bonchev–Trinajstić information content (AvgIpc) is 2.36. The number of carbonyl (C=O) groups excluding carboxylic acids is 2. The van der Waals surface area contributed by atoms with E-state index in [2.05, 4.69) is 9.47 Å². The molecule has 0 aliphatic heterocycles. The molecule has 1 saturated carbocycles. The lowest BCUT2D eigenvalue weighted by Gasteiger charge is -2.27. The summed E-state index contributed by atoms with van der Waals surface area (Å²) in [5, 5.41) is 0. The molecule has 0 heterocycles. The molecular weight excluding hydrogens is 240 g/mol. The molecule has 0 unspecified atom stereocenters. The fourth-order valence-corrected chi connectivity index (χ4v) is 2.03. The second kappa shape index (κ2) is 7.79. The van der Waals surface area contributed by atoms with Gasteiger partial charge in [0.1, 0.15) is 12.2 Å². The van der Waals surface area contributed by atoms with Gasteiger partial charge in [0.25, 0.3) is 0 Å². The fourth-order valence-electron chi connectivity index (χ4n) is 2.03. The van der Waals surface area contributed by atoms with Crippen LogP contribution in [0.4, 0.5) is 9.59 Å². The van der Waals surface area contributed by atoms with Gasteiger partial charge < -0.3 is 18.9 Å². The zero-order valence-corrected chi connectivity index (χ0v) is 10.8. The van der Waals surface area contributed by atoms with E-state index < -0.39 is 24.5 Å². The number of ether oxygens (including phenoxy) is 4. The van der Waals surface area contributed by atoms with Gasteiger partial charge in [-0.25, -0.2) is 9.59 Å². The highest BCUT2D eigenvalue weighted by molar-refractivity contribution is 5.61. The SMILES string of the molecule is COC(=O)O[C@H]1CCCCCC[C@H]1OC(=O)OC. The zero-order chi connectivity index (χ0) is 13.4. The molecule has 18 heavy (non-hydrogen) atoms. The van der Waals surface area contributed by atoms with Crippen molar-refractivity contribution in [3.8, 4) is 0 Å². The Bertz CT molecular complexity index is 250. The Hall–Kier alpha value is -1.46. The first-order valence-electron chi connectivity index (χ1n) is 6.16. The molecule has 0 N–H and O–H groups in total. The summed E-state index contributed by atoms with van der Waals surface area (Å²) in [6.45, 7) is 0. The number of hydrogen-bond donors (Lipinski definition) is 0. The molecule has 1 rings (SSSR count). The molecule has 0 aromatic carbocycles. The maximum atomic E-state index is 11.2. The normalized spacial score (nSPS) is 24.3. The zero-order valence-electron chi connectivity index (χ0n) is 10.8. The molecule has 1 fully saturated rings. The van der Waals surface area contributed by atoms with Crippen LogP contribution in [-0.4, -0.2) is 38.7 Å². The van der Waals surface area contributed by atoms with E-state index in [1.165, 1.54) is 14.2 Å². The second-order valence-electron chi connectivity index (χ2n) is 4.21. The van der Waals surface area contributed by atoms with Crippen molar-refractivity contribution >= 4 is 12.3 Å². The Kier molecular flexibility index (Phi) is 6.32. The van der Waals surface area contributed by atoms with Crippen molar-refractivity contribution in [2.75, 3.05) is 14.2 Å². The van der Waals surface area contributed by atoms with Crippen LogP contribution in [0.1, 0.15) is 38.5 Å². The summed E-state index contributed by atoms with van der Waals surface area (Å²) in [4.78, 5) is 22.3. The lowest BCUT2D eigenvalue weighted by atomic mass is 9.96. The molecule has 1 aliphatic rings. The number of rotatable bonds is 2. The van der Waals surface area contributed by atoms with Gasteiger partial charge in [0.15, 0.2) is 0 Å². The highest BCUT2D eigenvalue weighted by Crippen LogP contribution is 2.23. The lowest BCUT2D eigenvalue weighted by molar-refractivity contribution is -0.0574. The van der Waals surface area contributed by atoms with E-state index in [0.29, 0.717) is 12.8 Å². The molecule has 0 amide bonds. The first-order valence-corrected chi connectivity index (χ1v) is 6.16. The van der Waals surface area contributed by atoms with Gasteiger partial charge in [0.2, 0.25) is 0 Å². The minimum absolute atomic E-state index is 0.461. The highest BCUT2D eigenvalue weighted by Gasteiger charge is 2.30. The van der Waals surface area contributed by atoms with Crippen LogP contribution in [0.25, 0.3) is 0 Å². The molecule has 0 radical (unpaired) electrons. The Morgan fingerprint density at radius 2 is 1.17 bits per heavy atom. The molecule has 6 nitrogen and oxygen atoms in total. The summed E-state index contributed by atoms with van der Waals surface area (Å²) in [5.41, 5.74) is 0. The lowest BCUT2D eigenvalue weighted by Crippen LogP contribution is -2.36. The van der Waals surface area contributed by atoms with E-state index in [4.69, 9.17) is 9.47 Å². The van der Waals surface area contributed by atoms with Gasteiger partial charge in [-0.3, -0.25) is 0 Å². The Morgan fingerprint density at radius 1 is 0.778 bits per heavy atom. The van der Waals surface area contributed by atoms with E-state index in [9.17, 15) is 9.59 Å². The first kappa shape index (κ1) is 14.6. The second-order valence-corrected chi connectivity index (χ2v) is 4.21. The Morgan fingerprint density at radius 3 is 1.50 bits per heavy atom. The topological polar surface area (TPSA) is 71.1 Å². The maximum Gasteiger partial charge on any atom is 0.508 e. The van der Waals surface area contributed by atoms with E-state index in [1.807, 2.05) is 0 Å². The smallest absolute Gasteiger partial charge is 0.438 e. The average molecular weight is 260 g/mol. The van der Waals surface area contributed by atoms with E-state index in [0.717, 1.165) is 25.7 Å². The number of methoxy groups -OCH3 is 2. The predicted molar refractivity (Wildman–Crippen MR) is 62.3 cm³/mol. The molecular formula is C12H20O6. The summed E-state index contributed by atoms with van der Waals surface area (Å²) in [7, 11) is 2.50. The van der Waals surface area contributed by atoms with Gasteiger partial charge in [-0.05, 0) is 25.7 Å². The van der Waals surface area contributed by atoms with Crippen molar-refractivity contribution in [2.45, 2.75) is 50.7 Å². The van der Waals surface area contributed by atoms with Crippen molar-refractivity contribution in [3.05, 3.63) is 0 Å². The van der Waals surface area contributed by atoms with Gasteiger partial charge in [0.05, 0.1) is 14.2 Å². The maximum absolute atomic E-state index is 11.2. The third-order valence-corrected chi connectivity index (χ3v) is 2.97. The minimum atomic E-state index is -0.751. The van der Waals surface area contributed by atoms with Gasteiger partial charge >= 0.3 is 12.3 Å². The van der Waals surface area contributed by atoms with Crippen LogP contribution in [-0.2, 0) is 18.9 Å². The third-order valence-electron chi connectivity index (χ3n) is 2.97. The molecule has 0 aromatic rings. The van der Waals surface area contributed by atoms with E-state index in [1.54, 1.807) is 0 Å². The highest BCUT2D eigenvalue weighted by atomic mass is 16.7. The van der Waals surface area contributed by atoms with Crippen molar-refractivity contribution < 1.29 is 28.5 Å². The first-order chi connectivity index (χ1) is 8.67. The largest absolute Gasteiger partial charge is 0.508 e. The summed E-state index contributed by atoms with van der Waals surface area (Å²) < 4.78 is 19.2. The fraction of sp³-hybridized carbons (Fsp3) is 0.833. The molecule has 104 valence electrons. The molecule has 0 aromatic heterocycles. The Balaban J connectivity index is 2.62. The monoisotopic (exact) mass is 260 g/mol. The molecule has 2 atom stereocenters. The summed E-state index contributed by atoms with van der Waals surface area (Å²) in [5.74, 6) is 0. The summed E-state index contributed by atoms with van der Waals surface area (Å²) >= 11 is 0. The van der Waals surface area contributed by atoms with Crippen molar-refractivity contribution in [2.24, 2.45) is 0 Å². The summed E-state index contributed by atoms with van der Waals surface area (Å²) in [6, 6.07) is 0. The molecule has 1 aliphatic carbocycles. The van der Waals surface area contributed by atoms with Crippen molar-refractivity contribution in [1.82, 2.24) is 0 Å². The predicted octanol–water partition coefficient (Wildman–Crippen LogP) is 2.64. The molecule has 0 spiro atoms. The van der Waals surface area contributed by atoms with Crippen LogP contribution in [0.15, 0.2) is 0 Å². The minimum Gasteiger partial charge on any atom is -0.438 e. The van der Waals surface area contributed by atoms with Crippen LogP contribution < -0.4 is 0 Å². The van der Waals surface area contributed by atoms with Crippen LogP contribution in [0, 0.1) is 0 Å². The van der Waals surface area contributed by atoms with Gasteiger partial charge in [0, 0.05) is 0 Å². The van der Waals surface area contributed by atoms with E-state index in [-0.39, 0.29) is 0 Å². The van der Waals surface area contributed by atoms with E-state index >= 15 is 0 Å². The summed E-state index contributed by atoms with van der Waals surface area (Å²) in [6.07, 6.45) is 2.95. The third kappa shape index (κ3) is 4.81. The molecule has 0 bridgehead atoms. The quantitative estimate of drug-likeness (QED) is 0.711. The van der Waals surface area contributed by atoms with Crippen LogP contribution in [0.5, 0.6) is 0 Å². The Labute approximate surface area is 107 Å². The van der Waals surface area contributed by atoms with Gasteiger partial charge in [-0.15, -0.1) is 0 Å². The van der Waals surface area contributed by atoms with Crippen LogP contribution >= 0.6 is 0 Å². The van der Waals surface area contributed by atoms with Crippen LogP contribution in [0.2, 0.25) is 0 Å². The number of carbonyl (C=O) groups is 2. The van der Waals surface area contributed by atoms with Crippen LogP contribution in [0.3, 0.4) is 0 Å². The number of hydrogen-bond acceptors (Lipinski definition) is 6.